The Morgan fingerprint density at radius 2 is 2.06 bits per heavy atom. The van der Waals surface area contributed by atoms with Gasteiger partial charge in [0.2, 0.25) is 0 Å². The fourth-order valence-corrected chi connectivity index (χ4v) is 1.91. The van der Waals surface area contributed by atoms with Crippen LogP contribution in [0, 0.1) is 5.92 Å². The minimum atomic E-state index is 0.256. The first-order valence-corrected chi connectivity index (χ1v) is 6.01. The highest BCUT2D eigenvalue weighted by Crippen LogP contribution is 2.22. The van der Waals surface area contributed by atoms with Gasteiger partial charge in [-0.05, 0) is 18.4 Å². The molecule has 18 heavy (non-hydrogen) atoms. The molecule has 0 unspecified atom stereocenters. The lowest BCUT2D eigenvalue weighted by atomic mass is 10.1. The molecule has 0 atom stereocenters. The lowest BCUT2D eigenvalue weighted by Gasteiger charge is -2.00. The van der Waals surface area contributed by atoms with Crippen molar-refractivity contribution in [3.63, 3.8) is 0 Å². The molecule has 5 nitrogen and oxygen atoms in total. The second-order valence-electron chi connectivity index (χ2n) is 4.33. The fourth-order valence-electron chi connectivity index (χ4n) is 1.64. The Bertz CT molecular complexity index is 551. The van der Waals surface area contributed by atoms with Crippen molar-refractivity contribution in [1.29, 1.82) is 0 Å². The normalized spacial score (nSPS) is 10.9. The number of halogens is 1. The van der Waals surface area contributed by atoms with E-state index in [9.17, 15) is 4.79 Å². The number of rotatable bonds is 4. The summed E-state index contributed by atoms with van der Waals surface area (Å²) >= 11 is 6.14. The molecule has 2 heterocycles. The van der Waals surface area contributed by atoms with Gasteiger partial charge in [-0.15, -0.1) is 0 Å². The first-order valence-electron chi connectivity index (χ1n) is 5.63. The first kappa shape index (κ1) is 12.7. The molecule has 0 aliphatic rings. The minimum Gasteiger partial charge on any atom is -0.298 e. The van der Waals surface area contributed by atoms with Gasteiger partial charge in [0.25, 0.3) is 5.95 Å². The van der Waals surface area contributed by atoms with Crippen molar-refractivity contribution in [2.45, 2.75) is 20.3 Å². The highest BCUT2D eigenvalue weighted by Gasteiger charge is 2.18. The van der Waals surface area contributed by atoms with Gasteiger partial charge in [-0.1, -0.05) is 25.4 Å². The van der Waals surface area contributed by atoms with Crippen LogP contribution in [0.4, 0.5) is 0 Å². The van der Waals surface area contributed by atoms with Crippen LogP contribution in [0.1, 0.15) is 29.9 Å². The lowest BCUT2D eigenvalue weighted by molar-refractivity contribution is 0.112. The third-order valence-corrected chi connectivity index (χ3v) is 2.76. The quantitative estimate of drug-likeness (QED) is 0.795. The maximum Gasteiger partial charge on any atom is 0.251 e. The van der Waals surface area contributed by atoms with Crippen molar-refractivity contribution in [1.82, 2.24) is 19.7 Å². The van der Waals surface area contributed by atoms with Gasteiger partial charge < -0.3 is 0 Å². The van der Waals surface area contributed by atoms with Gasteiger partial charge in [0.05, 0.1) is 11.3 Å². The molecule has 0 saturated carbocycles. The van der Waals surface area contributed by atoms with Crippen LogP contribution in [-0.4, -0.2) is 26.0 Å². The number of hydrogen-bond donors (Lipinski definition) is 0. The Kier molecular flexibility index (Phi) is 3.72. The first-order chi connectivity index (χ1) is 8.63. The molecule has 0 radical (unpaired) electrons. The van der Waals surface area contributed by atoms with Crippen LogP contribution < -0.4 is 0 Å². The zero-order chi connectivity index (χ0) is 13.1. The second kappa shape index (κ2) is 5.27. The Labute approximate surface area is 110 Å². The monoisotopic (exact) mass is 264 g/mol. The van der Waals surface area contributed by atoms with Gasteiger partial charge in [-0.3, -0.25) is 4.79 Å². The summed E-state index contributed by atoms with van der Waals surface area (Å²) in [5.41, 5.74) is 1.09. The molecule has 0 amide bonds. The second-order valence-corrected chi connectivity index (χ2v) is 4.69. The highest BCUT2D eigenvalue weighted by atomic mass is 35.5. The van der Waals surface area contributed by atoms with E-state index in [0.717, 1.165) is 6.29 Å². The summed E-state index contributed by atoms with van der Waals surface area (Å²) in [7, 11) is 0. The SMILES string of the molecule is CC(C)Cc1nn(-c2ncccn2)c(Cl)c1C=O. The maximum atomic E-state index is 11.1. The van der Waals surface area contributed by atoms with E-state index in [1.54, 1.807) is 18.5 Å². The Morgan fingerprint density at radius 3 is 2.61 bits per heavy atom. The van der Waals surface area contributed by atoms with Crippen LogP contribution in [0.25, 0.3) is 5.95 Å². The molecule has 2 aromatic rings. The average Bonchev–Trinajstić information content (AvgIpc) is 2.66. The summed E-state index contributed by atoms with van der Waals surface area (Å²) in [6, 6.07) is 1.70. The Morgan fingerprint density at radius 1 is 1.39 bits per heavy atom. The molecule has 94 valence electrons. The number of aromatic nitrogens is 4. The largest absolute Gasteiger partial charge is 0.298 e. The van der Waals surface area contributed by atoms with E-state index >= 15 is 0 Å². The summed E-state index contributed by atoms with van der Waals surface area (Å²) < 4.78 is 1.39. The molecular weight excluding hydrogens is 252 g/mol. The molecule has 0 saturated heterocycles. The predicted octanol–water partition coefficient (Wildman–Crippen LogP) is 2.33. The number of carbonyl (C=O) groups is 1. The van der Waals surface area contributed by atoms with Crippen LogP contribution in [0.2, 0.25) is 5.15 Å². The van der Waals surface area contributed by atoms with Gasteiger partial charge in [0, 0.05) is 12.4 Å². The number of aldehydes is 1. The standard InChI is InChI=1S/C12H13ClN4O/c1-8(2)6-10-9(7-18)11(13)17(16-10)12-14-4-3-5-15-12/h3-5,7-8H,6H2,1-2H3. The van der Waals surface area contributed by atoms with E-state index in [-0.39, 0.29) is 5.15 Å². The third-order valence-electron chi connectivity index (χ3n) is 2.40. The zero-order valence-electron chi connectivity index (χ0n) is 10.2. The molecule has 0 aromatic carbocycles. The van der Waals surface area contributed by atoms with Crippen molar-refractivity contribution in [3.05, 3.63) is 34.9 Å². The average molecular weight is 265 g/mol. The summed E-state index contributed by atoms with van der Waals surface area (Å²) in [6.45, 7) is 4.11. The van der Waals surface area contributed by atoms with E-state index in [0.29, 0.717) is 29.5 Å². The van der Waals surface area contributed by atoms with Gasteiger partial charge >= 0.3 is 0 Å². The van der Waals surface area contributed by atoms with Crippen LogP contribution in [-0.2, 0) is 6.42 Å². The predicted molar refractivity (Wildman–Crippen MR) is 68.1 cm³/mol. The van der Waals surface area contributed by atoms with Crippen molar-refractivity contribution < 1.29 is 4.79 Å². The maximum absolute atomic E-state index is 11.1. The van der Waals surface area contributed by atoms with Gasteiger partial charge in [-0.25, -0.2) is 9.97 Å². The van der Waals surface area contributed by atoms with Crippen LogP contribution in [0.15, 0.2) is 18.5 Å². The van der Waals surface area contributed by atoms with Crippen molar-refractivity contribution in [2.75, 3.05) is 0 Å². The third kappa shape index (κ3) is 2.41. The van der Waals surface area contributed by atoms with E-state index in [4.69, 9.17) is 11.6 Å². The summed E-state index contributed by atoms with van der Waals surface area (Å²) in [5, 5.41) is 4.58. The molecule has 0 aliphatic carbocycles. The molecule has 2 rings (SSSR count). The van der Waals surface area contributed by atoms with E-state index in [2.05, 4.69) is 28.9 Å². The molecule has 2 aromatic heterocycles. The Hall–Kier alpha value is -1.75. The topological polar surface area (TPSA) is 60.7 Å². The molecule has 0 aliphatic heterocycles. The van der Waals surface area contributed by atoms with E-state index < -0.39 is 0 Å². The zero-order valence-corrected chi connectivity index (χ0v) is 10.9. The summed E-state index contributed by atoms with van der Waals surface area (Å²) in [4.78, 5) is 19.2. The summed E-state index contributed by atoms with van der Waals surface area (Å²) in [6.07, 6.45) is 4.62. The molecule has 0 N–H and O–H groups in total. The highest BCUT2D eigenvalue weighted by molar-refractivity contribution is 6.32. The van der Waals surface area contributed by atoms with Crippen LogP contribution >= 0.6 is 11.6 Å². The van der Waals surface area contributed by atoms with Crippen molar-refractivity contribution in [2.24, 2.45) is 5.92 Å². The molecular formula is C12H13ClN4O. The van der Waals surface area contributed by atoms with E-state index in [1.165, 1.54) is 4.68 Å². The Balaban J connectivity index is 2.50. The number of carbonyl (C=O) groups excluding carboxylic acids is 1. The molecule has 6 heteroatoms. The molecule has 0 spiro atoms. The number of hydrogen-bond acceptors (Lipinski definition) is 4. The van der Waals surface area contributed by atoms with Crippen LogP contribution in [0.3, 0.4) is 0 Å². The van der Waals surface area contributed by atoms with E-state index in [1.807, 2.05) is 0 Å². The summed E-state index contributed by atoms with van der Waals surface area (Å²) in [5.74, 6) is 0.750. The number of nitrogens with zero attached hydrogens (tertiary/aromatic N) is 4. The molecule has 0 fully saturated rings. The van der Waals surface area contributed by atoms with Gasteiger partial charge in [0.1, 0.15) is 5.15 Å². The molecule has 0 bridgehead atoms. The fraction of sp³-hybridized carbons (Fsp3) is 0.333. The van der Waals surface area contributed by atoms with Gasteiger partial charge in [-0.2, -0.15) is 9.78 Å². The van der Waals surface area contributed by atoms with Crippen molar-refractivity contribution >= 4 is 17.9 Å². The van der Waals surface area contributed by atoms with Crippen molar-refractivity contribution in [3.8, 4) is 5.95 Å². The van der Waals surface area contributed by atoms with Gasteiger partial charge in [0.15, 0.2) is 6.29 Å². The minimum absolute atomic E-state index is 0.256. The van der Waals surface area contributed by atoms with Crippen LogP contribution in [0.5, 0.6) is 0 Å². The smallest absolute Gasteiger partial charge is 0.251 e. The lowest BCUT2D eigenvalue weighted by Crippen LogP contribution is -2.03.